The van der Waals surface area contributed by atoms with Gasteiger partial charge >= 0.3 is 0 Å². The van der Waals surface area contributed by atoms with E-state index in [0.717, 1.165) is 12.1 Å². The van der Waals surface area contributed by atoms with E-state index in [4.69, 9.17) is 10.5 Å². The van der Waals surface area contributed by atoms with E-state index in [9.17, 15) is 0 Å². The van der Waals surface area contributed by atoms with Crippen LogP contribution in [0.1, 0.15) is 20.3 Å². The average Bonchev–Trinajstić information content (AvgIpc) is 1.83. The summed E-state index contributed by atoms with van der Waals surface area (Å²) < 4.78 is 5.00. The van der Waals surface area contributed by atoms with Crippen LogP contribution >= 0.6 is 0 Å². The number of rotatable bonds is 3. The monoisotopic (exact) mass is 129 g/mol. The number of nitrogens with two attached hydrogens (primary N) is 1. The SMILES string of the molecule is COC(C)C/C=C(\C)N. The van der Waals surface area contributed by atoms with Crippen molar-refractivity contribution in [2.75, 3.05) is 7.11 Å². The van der Waals surface area contributed by atoms with Crippen LogP contribution < -0.4 is 5.73 Å². The van der Waals surface area contributed by atoms with Gasteiger partial charge in [-0.15, -0.1) is 0 Å². The van der Waals surface area contributed by atoms with Crippen LogP contribution in [0, 0.1) is 0 Å². The van der Waals surface area contributed by atoms with Crippen LogP contribution in [0.25, 0.3) is 0 Å². The quantitative estimate of drug-likeness (QED) is 0.623. The Kier molecular flexibility index (Phi) is 4.14. The van der Waals surface area contributed by atoms with Crippen molar-refractivity contribution in [2.24, 2.45) is 5.73 Å². The van der Waals surface area contributed by atoms with Gasteiger partial charge in [0, 0.05) is 12.8 Å². The van der Waals surface area contributed by atoms with Crippen LogP contribution in [0.3, 0.4) is 0 Å². The molecule has 0 heterocycles. The molecule has 0 fully saturated rings. The van der Waals surface area contributed by atoms with Gasteiger partial charge in [-0.1, -0.05) is 6.08 Å². The van der Waals surface area contributed by atoms with Crippen molar-refractivity contribution in [1.82, 2.24) is 0 Å². The van der Waals surface area contributed by atoms with Gasteiger partial charge in [0.1, 0.15) is 0 Å². The number of allylic oxidation sites excluding steroid dienone is 1. The van der Waals surface area contributed by atoms with E-state index in [1.807, 2.05) is 19.9 Å². The number of hydrogen-bond acceptors (Lipinski definition) is 2. The van der Waals surface area contributed by atoms with Crippen molar-refractivity contribution < 1.29 is 4.74 Å². The van der Waals surface area contributed by atoms with Crippen molar-refractivity contribution in [3.63, 3.8) is 0 Å². The van der Waals surface area contributed by atoms with Crippen LogP contribution in [-0.2, 0) is 4.74 Å². The van der Waals surface area contributed by atoms with Crippen LogP contribution in [0.15, 0.2) is 11.8 Å². The first-order valence-electron chi connectivity index (χ1n) is 3.12. The fourth-order valence-electron chi connectivity index (χ4n) is 0.448. The van der Waals surface area contributed by atoms with Gasteiger partial charge < -0.3 is 10.5 Å². The Hall–Kier alpha value is -0.500. The molecule has 0 bridgehead atoms. The fourth-order valence-corrected chi connectivity index (χ4v) is 0.448. The zero-order valence-corrected chi connectivity index (χ0v) is 6.35. The smallest absolute Gasteiger partial charge is 0.0578 e. The summed E-state index contributed by atoms with van der Waals surface area (Å²) in [6, 6.07) is 0. The lowest BCUT2D eigenvalue weighted by molar-refractivity contribution is 0.121. The van der Waals surface area contributed by atoms with E-state index < -0.39 is 0 Å². The maximum absolute atomic E-state index is 5.40. The Bertz CT molecular complexity index is 95.1. The zero-order chi connectivity index (χ0) is 7.28. The summed E-state index contributed by atoms with van der Waals surface area (Å²) >= 11 is 0. The second-order valence-corrected chi connectivity index (χ2v) is 2.23. The van der Waals surface area contributed by atoms with E-state index in [1.165, 1.54) is 0 Å². The molecule has 0 rings (SSSR count). The van der Waals surface area contributed by atoms with E-state index in [-0.39, 0.29) is 6.10 Å². The lowest BCUT2D eigenvalue weighted by atomic mass is 10.2. The Morgan fingerprint density at radius 3 is 2.67 bits per heavy atom. The summed E-state index contributed by atoms with van der Waals surface area (Å²) in [5.74, 6) is 0. The molecule has 54 valence electrons. The highest BCUT2D eigenvalue weighted by Gasteiger charge is 1.93. The summed E-state index contributed by atoms with van der Waals surface area (Å²) in [7, 11) is 1.70. The summed E-state index contributed by atoms with van der Waals surface area (Å²) in [5.41, 5.74) is 6.26. The summed E-state index contributed by atoms with van der Waals surface area (Å²) in [5, 5.41) is 0. The lowest BCUT2D eigenvalue weighted by Gasteiger charge is -2.04. The highest BCUT2D eigenvalue weighted by molar-refractivity contribution is 4.92. The first-order chi connectivity index (χ1) is 4.16. The first kappa shape index (κ1) is 8.50. The van der Waals surface area contributed by atoms with E-state index >= 15 is 0 Å². The fraction of sp³-hybridized carbons (Fsp3) is 0.714. The third-order valence-electron chi connectivity index (χ3n) is 1.17. The molecule has 1 unspecified atom stereocenters. The Balaban J connectivity index is 3.37. The molecule has 1 atom stereocenters. The first-order valence-corrected chi connectivity index (χ1v) is 3.12. The molecule has 0 aromatic rings. The Morgan fingerprint density at radius 1 is 1.78 bits per heavy atom. The van der Waals surface area contributed by atoms with Crippen molar-refractivity contribution in [1.29, 1.82) is 0 Å². The molecule has 0 aliphatic carbocycles. The molecule has 0 aromatic heterocycles. The highest BCUT2D eigenvalue weighted by Crippen LogP contribution is 1.96. The normalized spacial score (nSPS) is 15.7. The van der Waals surface area contributed by atoms with Gasteiger partial charge in [-0.2, -0.15) is 0 Å². The number of methoxy groups -OCH3 is 1. The highest BCUT2D eigenvalue weighted by atomic mass is 16.5. The van der Waals surface area contributed by atoms with Gasteiger partial charge in [0.25, 0.3) is 0 Å². The van der Waals surface area contributed by atoms with Gasteiger partial charge in [-0.05, 0) is 20.3 Å². The molecule has 2 heteroatoms. The zero-order valence-electron chi connectivity index (χ0n) is 6.35. The van der Waals surface area contributed by atoms with E-state index in [0.29, 0.717) is 0 Å². The number of ether oxygens (including phenoxy) is 1. The van der Waals surface area contributed by atoms with E-state index in [2.05, 4.69) is 0 Å². The Labute approximate surface area is 56.7 Å². The van der Waals surface area contributed by atoms with Crippen LogP contribution in [0.2, 0.25) is 0 Å². The van der Waals surface area contributed by atoms with Crippen LogP contribution in [-0.4, -0.2) is 13.2 Å². The average molecular weight is 129 g/mol. The van der Waals surface area contributed by atoms with Crippen LogP contribution in [0.5, 0.6) is 0 Å². The largest absolute Gasteiger partial charge is 0.403 e. The van der Waals surface area contributed by atoms with E-state index in [1.54, 1.807) is 7.11 Å². The van der Waals surface area contributed by atoms with Crippen molar-refractivity contribution in [3.05, 3.63) is 11.8 Å². The molecule has 9 heavy (non-hydrogen) atoms. The maximum Gasteiger partial charge on any atom is 0.0578 e. The minimum Gasteiger partial charge on any atom is -0.403 e. The molecule has 2 N–H and O–H groups in total. The second kappa shape index (κ2) is 4.39. The Morgan fingerprint density at radius 2 is 2.33 bits per heavy atom. The summed E-state index contributed by atoms with van der Waals surface area (Å²) in [6.45, 7) is 3.89. The summed E-state index contributed by atoms with van der Waals surface area (Å²) in [6.07, 6.45) is 3.15. The van der Waals surface area contributed by atoms with Crippen molar-refractivity contribution in [2.45, 2.75) is 26.4 Å². The maximum atomic E-state index is 5.40. The third kappa shape index (κ3) is 5.37. The predicted octanol–water partition coefficient (Wildman–Crippen LogP) is 1.27. The van der Waals surface area contributed by atoms with Gasteiger partial charge in [0.2, 0.25) is 0 Å². The molecule has 2 nitrogen and oxygen atoms in total. The van der Waals surface area contributed by atoms with Crippen molar-refractivity contribution >= 4 is 0 Å². The second-order valence-electron chi connectivity index (χ2n) is 2.23. The van der Waals surface area contributed by atoms with Gasteiger partial charge in [0.05, 0.1) is 6.10 Å². The van der Waals surface area contributed by atoms with Crippen molar-refractivity contribution in [3.8, 4) is 0 Å². The van der Waals surface area contributed by atoms with Gasteiger partial charge in [-0.3, -0.25) is 0 Å². The number of hydrogen-bond donors (Lipinski definition) is 1. The molecular formula is C7H15NO. The molecule has 0 aliphatic rings. The lowest BCUT2D eigenvalue weighted by Crippen LogP contribution is -2.03. The van der Waals surface area contributed by atoms with Gasteiger partial charge in [0.15, 0.2) is 0 Å². The molecular weight excluding hydrogens is 114 g/mol. The molecule has 0 radical (unpaired) electrons. The molecule has 0 aromatic carbocycles. The minimum atomic E-state index is 0.281. The molecule has 0 spiro atoms. The molecule has 0 saturated heterocycles. The summed E-state index contributed by atoms with van der Waals surface area (Å²) in [4.78, 5) is 0. The molecule has 0 amide bonds. The topological polar surface area (TPSA) is 35.2 Å². The molecule has 0 saturated carbocycles. The van der Waals surface area contributed by atoms with Gasteiger partial charge in [-0.25, -0.2) is 0 Å². The minimum absolute atomic E-state index is 0.281. The van der Waals surface area contributed by atoms with Crippen LogP contribution in [0.4, 0.5) is 0 Å². The third-order valence-corrected chi connectivity index (χ3v) is 1.17. The standard InChI is InChI=1S/C7H15NO/c1-6(8)4-5-7(2)9-3/h4,7H,5,8H2,1-3H3/b6-4+. The molecule has 0 aliphatic heterocycles. The predicted molar refractivity (Wildman–Crippen MR) is 39.0 cm³/mol.